The molecular weight excluding hydrogens is 323 g/mol. The highest BCUT2D eigenvalue weighted by Gasteiger charge is 2.31. The Morgan fingerprint density at radius 3 is 2.67 bits per heavy atom. The third-order valence-electron chi connectivity index (χ3n) is 3.03. The first-order valence-corrected chi connectivity index (χ1v) is 6.66. The Morgan fingerprint density at radius 1 is 1.29 bits per heavy atom. The van der Waals surface area contributed by atoms with Gasteiger partial charge in [-0.2, -0.15) is 18.4 Å². The van der Waals surface area contributed by atoms with E-state index in [0.29, 0.717) is 11.8 Å². The number of hydrogen-bond donors (Lipinski definition) is 3. The first-order valence-electron chi connectivity index (χ1n) is 6.66. The molecule has 0 bridgehead atoms. The van der Waals surface area contributed by atoms with E-state index >= 15 is 0 Å². The third kappa shape index (κ3) is 3.92. The largest absolute Gasteiger partial charge is 0.417 e. The number of aromatic nitrogens is 1. The molecule has 3 N–H and O–H groups in total. The molecule has 0 aliphatic heterocycles. The van der Waals surface area contributed by atoms with E-state index < -0.39 is 17.6 Å². The van der Waals surface area contributed by atoms with Crippen LogP contribution in [0.1, 0.15) is 21.5 Å². The summed E-state index contributed by atoms with van der Waals surface area (Å²) < 4.78 is 38.0. The summed E-state index contributed by atoms with van der Waals surface area (Å²) in [5, 5.41) is 11.4. The van der Waals surface area contributed by atoms with Crippen molar-refractivity contribution in [2.75, 3.05) is 17.8 Å². The Bertz CT molecular complexity index is 798. The molecule has 0 aliphatic rings. The molecule has 2 aromatic rings. The number of nitriles is 1. The van der Waals surface area contributed by atoms with E-state index in [4.69, 9.17) is 5.26 Å². The number of anilines is 2. The van der Waals surface area contributed by atoms with E-state index in [9.17, 15) is 18.0 Å². The predicted octanol–water partition coefficient (Wildman–Crippen LogP) is 2.77. The normalized spacial score (nSPS) is 10.6. The molecular formula is C15H12F3N5O. The van der Waals surface area contributed by atoms with Crippen molar-refractivity contribution < 1.29 is 18.0 Å². The number of alkyl halides is 3. The zero-order valence-electron chi connectivity index (χ0n) is 12.4. The molecule has 124 valence electrons. The lowest BCUT2D eigenvalue weighted by Gasteiger charge is -2.14. The minimum Gasteiger partial charge on any atom is -0.385 e. The lowest BCUT2D eigenvalue weighted by atomic mass is 10.1. The van der Waals surface area contributed by atoms with E-state index in [1.165, 1.54) is 19.2 Å². The fourth-order valence-corrected chi connectivity index (χ4v) is 1.83. The van der Waals surface area contributed by atoms with Crippen molar-refractivity contribution in [2.45, 2.75) is 6.18 Å². The molecule has 1 amide bonds. The summed E-state index contributed by atoms with van der Waals surface area (Å²) in [6, 6.07) is 8.75. The molecule has 2 rings (SSSR count). The van der Waals surface area contributed by atoms with Crippen LogP contribution in [-0.4, -0.2) is 17.9 Å². The molecule has 1 heterocycles. The second-order valence-corrected chi connectivity index (χ2v) is 4.64. The molecule has 6 nitrogen and oxygen atoms in total. The molecule has 0 fully saturated rings. The Balaban J connectivity index is 2.14. The van der Waals surface area contributed by atoms with Gasteiger partial charge in [-0.25, -0.2) is 4.98 Å². The molecule has 0 saturated carbocycles. The van der Waals surface area contributed by atoms with Crippen LogP contribution in [0.4, 0.5) is 24.7 Å². The maximum atomic E-state index is 12.7. The maximum Gasteiger partial charge on any atom is 0.417 e. The Hall–Kier alpha value is -3.28. The highest BCUT2D eigenvalue weighted by molar-refractivity contribution is 5.95. The summed E-state index contributed by atoms with van der Waals surface area (Å²) in [6.45, 7) is 0. The number of nitrogens with one attached hydrogen (secondary N) is 3. The van der Waals surface area contributed by atoms with Crippen LogP contribution < -0.4 is 16.2 Å². The van der Waals surface area contributed by atoms with Crippen molar-refractivity contribution in [3.63, 3.8) is 0 Å². The standard InChI is InChI=1S/C15H12F3N5O/c1-20-12-6-11(15(16,17)18)8-21-13(12)22-23-14(24)10-4-2-3-9(5-10)7-19/h2-6,8,20H,1H3,(H,21,22)(H,23,24). The highest BCUT2D eigenvalue weighted by Crippen LogP contribution is 2.32. The van der Waals surface area contributed by atoms with Gasteiger partial charge < -0.3 is 5.32 Å². The van der Waals surface area contributed by atoms with Crippen LogP contribution in [0.3, 0.4) is 0 Å². The second kappa shape index (κ2) is 6.87. The lowest BCUT2D eigenvalue weighted by Crippen LogP contribution is -2.30. The number of amides is 1. The summed E-state index contributed by atoms with van der Waals surface area (Å²) in [6.07, 6.45) is -3.86. The van der Waals surface area contributed by atoms with Crippen molar-refractivity contribution in [3.05, 3.63) is 53.2 Å². The number of nitrogens with zero attached hydrogens (tertiary/aromatic N) is 2. The van der Waals surface area contributed by atoms with Gasteiger partial charge >= 0.3 is 6.18 Å². The fraction of sp³-hybridized carbons (Fsp3) is 0.133. The zero-order chi connectivity index (χ0) is 17.7. The van der Waals surface area contributed by atoms with E-state index in [1.807, 2.05) is 6.07 Å². The van der Waals surface area contributed by atoms with Crippen molar-refractivity contribution >= 4 is 17.4 Å². The minimum atomic E-state index is -4.52. The molecule has 0 unspecified atom stereocenters. The number of pyridine rings is 1. The van der Waals surface area contributed by atoms with E-state index in [0.717, 1.165) is 6.07 Å². The Kier molecular flexibility index (Phi) is 4.89. The number of carbonyl (C=O) groups excluding carboxylic acids is 1. The first kappa shape index (κ1) is 17.1. The number of hydrogen-bond acceptors (Lipinski definition) is 5. The molecule has 0 spiro atoms. The van der Waals surface area contributed by atoms with E-state index in [-0.39, 0.29) is 17.1 Å². The third-order valence-corrected chi connectivity index (χ3v) is 3.03. The van der Waals surface area contributed by atoms with Gasteiger partial charge in [0.25, 0.3) is 5.91 Å². The molecule has 0 aliphatic carbocycles. The molecule has 24 heavy (non-hydrogen) atoms. The van der Waals surface area contributed by atoms with Gasteiger partial charge in [0.05, 0.1) is 22.9 Å². The number of rotatable bonds is 4. The summed E-state index contributed by atoms with van der Waals surface area (Å²) in [7, 11) is 1.43. The molecule has 0 atom stereocenters. The quantitative estimate of drug-likeness (QED) is 0.748. The first-order chi connectivity index (χ1) is 11.3. The number of hydrazine groups is 1. The molecule has 1 aromatic heterocycles. The monoisotopic (exact) mass is 335 g/mol. The van der Waals surface area contributed by atoms with Gasteiger partial charge in [0, 0.05) is 18.8 Å². The molecule has 0 radical (unpaired) electrons. The summed E-state index contributed by atoms with van der Waals surface area (Å²) >= 11 is 0. The van der Waals surface area contributed by atoms with Gasteiger partial charge in [-0.05, 0) is 24.3 Å². The van der Waals surface area contributed by atoms with Gasteiger partial charge in [0.1, 0.15) is 0 Å². The van der Waals surface area contributed by atoms with Crippen molar-refractivity contribution in [1.29, 1.82) is 5.26 Å². The Labute approximate surface area is 135 Å². The van der Waals surface area contributed by atoms with Crippen LogP contribution in [0.2, 0.25) is 0 Å². The maximum absolute atomic E-state index is 12.7. The average molecular weight is 335 g/mol. The van der Waals surface area contributed by atoms with Crippen LogP contribution >= 0.6 is 0 Å². The van der Waals surface area contributed by atoms with E-state index in [1.54, 1.807) is 12.1 Å². The minimum absolute atomic E-state index is 0.0234. The molecule has 0 saturated heterocycles. The van der Waals surface area contributed by atoms with Gasteiger partial charge in [0.15, 0.2) is 5.82 Å². The van der Waals surface area contributed by atoms with Crippen LogP contribution in [0, 0.1) is 11.3 Å². The lowest BCUT2D eigenvalue weighted by molar-refractivity contribution is -0.137. The van der Waals surface area contributed by atoms with Crippen molar-refractivity contribution in [1.82, 2.24) is 10.4 Å². The van der Waals surface area contributed by atoms with Crippen LogP contribution in [-0.2, 0) is 6.18 Å². The highest BCUT2D eigenvalue weighted by atomic mass is 19.4. The van der Waals surface area contributed by atoms with Crippen LogP contribution in [0.25, 0.3) is 0 Å². The number of carbonyl (C=O) groups is 1. The van der Waals surface area contributed by atoms with Crippen LogP contribution in [0.15, 0.2) is 36.5 Å². The Morgan fingerprint density at radius 2 is 2.04 bits per heavy atom. The van der Waals surface area contributed by atoms with Crippen molar-refractivity contribution in [3.8, 4) is 6.07 Å². The average Bonchev–Trinajstić information content (AvgIpc) is 2.58. The SMILES string of the molecule is CNc1cc(C(F)(F)F)cnc1NNC(=O)c1cccc(C#N)c1. The topological polar surface area (TPSA) is 89.8 Å². The van der Waals surface area contributed by atoms with E-state index in [2.05, 4.69) is 21.2 Å². The van der Waals surface area contributed by atoms with Gasteiger partial charge in [-0.15, -0.1) is 0 Å². The summed E-state index contributed by atoms with van der Waals surface area (Å²) in [4.78, 5) is 15.7. The predicted molar refractivity (Wildman–Crippen MR) is 81.0 cm³/mol. The number of halogens is 3. The second-order valence-electron chi connectivity index (χ2n) is 4.64. The van der Waals surface area contributed by atoms with Crippen LogP contribution in [0.5, 0.6) is 0 Å². The number of benzene rings is 1. The zero-order valence-corrected chi connectivity index (χ0v) is 12.4. The smallest absolute Gasteiger partial charge is 0.385 e. The molecule has 1 aromatic carbocycles. The summed E-state index contributed by atoms with van der Waals surface area (Å²) in [5.41, 5.74) is 4.46. The van der Waals surface area contributed by atoms with Gasteiger partial charge in [0.2, 0.25) is 0 Å². The van der Waals surface area contributed by atoms with Crippen molar-refractivity contribution in [2.24, 2.45) is 0 Å². The fourth-order valence-electron chi connectivity index (χ4n) is 1.83. The summed E-state index contributed by atoms with van der Waals surface area (Å²) in [5.74, 6) is -0.536. The van der Waals surface area contributed by atoms with Gasteiger partial charge in [-0.3, -0.25) is 15.6 Å². The van der Waals surface area contributed by atoms with Gasteiger partial charge in [-0.1, -0.05) is 6.07 Å². The molecule has 9 heteroatoms.